The first-order chi connectivity index (χ1) is 8.75. The molecule has 1 fully saturated rings. The third kappa shape index (κ3) is 3.93. The van der Waals surface area contributed by atoms with Crippen LogP contribution in [0.2, 0.25) is 0 Å². The van der Waals surface area contributed by atoms with Crippen LogP contribution in [0, 0.1) is 6.92 Å². The van der Waals surface area contributed by atoms with E-state index in [4.69, 9.17) is 4.74 Å². The Hall–Kier alpha value is -1.19. The smallest absolute Gasteiger partial charge is 0.165 e. The van der Waals surface area contributed by atoms with Crippen LogP contribution in [0.5, 0.6) is 0 Å². The monoisotopic (exact) mass is 247 g/mol. The highest BCUT2D eigenvalue weighted by molar-refractivity contribution is 5.96. The largest absolute Gasteiger partial charge is 0.378 e. The molecule has 0 spiro atoms. The predicted octanol–water partition coefficient (Wildman–Crippen LogP) is 2.34. The van der Waals surface area contributed by atoms with Crippen molar-refractivity contribution < 1.29 is 9.53 Å². The number of nitrogens with one attached hydrogen (secondary N) is 1. The number of carbonyl (C=O) groups excluding carboxylic acids is 1. The number of benzene rings is 1. The molecule has 1 heterocycles. The van der Waals surface area contributed by atoms with Crippen molar-refractivity contribution in [3.8, 4) is 0 Å². The maximum atomic E-state index is 11.9. The number of Topliss-reactive ketones (excluding diaryl/α,β-unsaturated/α-hetero) is 1. The van der Waals surface area contributed by atoms with E-state index in [1.54, 1.807) is 0 Å². The second kappa shape index (κ2) is 6.66. The van der Waals surface area contributed by atoms with Crippen molar-refractivity contribution in [3.05, 3.63) is 35.4 Å². The van der Waals surface area contributed by atoms with Crippen molar-refractivity contribution in [3.63, 3.8) is 0 Å². The minimum atomic E-state index is 0.170. The van der Waals surface area contributed by atoms with E-state index < -0.39 is 0 Å². The molecule has 0 aliphatic carbocycles. The van der Waals surface area contributed by atoms with E-state index in [1.165, 1.54) is 5.56 Å². The summed E-state index contributed by atoms with van der Waals surface area (Å²) in [7, 11) is 0. The summed E-state index contributed by atoms with van der Waals surface area (Å²) >= 11 is 0. The Morgan fingerprint density at radius 3 is 2.61 bits per heavy atom. The molecular weight excluding hydrogens is 226 g/mol. The predicted molar refractivity (Wildman–Crippen MR) is 72.0 cm³/mol. The molecule has 0 saturated carbocycles. The molecular formula is C15H21NO2. The molecule has 1 aliphatic rings. The van der Waals surface area contributed by atoms with Crippen LogP contribution in [0.15, 0.2) is 24.3 Å². The van der Waals surface area contributed by atoms with Crippen molar-refractivity contribution in [2.24, 2.45) is 0 Å². The number of ether oxygens (including phenoxy) is 1. The molecule has 0 amide bonds. The molecule has 0 unspecified atom stereocenters. The molecule has 3 nitrogen and oxygen atoms in total. The molecule has 1 aromatic carbocycles. The van der Waals surface area contributed by atoms with Gasteiger partial charge in [0.25, 0.3) is 0 Å². The summed E-state index contributed by atoms with van der Waals surface area (Å²) in [5, 5.41) is 3.30. The second-order valence-electron chi connectivity index (χ2n) is 4.86. The molecule has 2 rings (SSSR count). The summed E-state index contributed by atoms with van der Waals surface area (Å²) in [5.41, 5.74) is 1.96. The Labute approximate surface area is 109 Å². The number of aryl methyl sites for hydroxylation is 1. The molecule has 18 heavy (non-hydrogen) atoms. The zero-order chi connectivity index (χ0) is 12.8. The third-order valence-corrected chi connectivity index (χ3v) is 3.34. The lowest BCUT2D eigenvalue weighted by molar-refractivity contribution is 0.0313. The number of hydrogen-bond donors (Lipinski definition) is 1. The van der Waals surface area contributed by atoms with Gasteiger partial charge < -0.3 is 10.1 Å². The van der Waals surface area contributed by atoms with Gasteiger partial charge in [0.15, 0.2) is 5.78 Å². The molecule has 98 valence electrons. The van der Waals surface area contributed by atoms with Crippen molar-refractivity contribution in [1.82, 2.24) is 5.32 Å². The van der Waals surface area contributed by atoms with Gasteiger partial charge in [-0.05, 0) is 32.9 Å². The highest BCUT2D eigenvalue weighted by atomic mass is 16.5. The first-order valence-corrected chi connectivity index (χ1v) is 6.68. The Bertz CT molecular complexity index is 380. The molecule has 0 bridgehead atoms. The highest BCUT2D eigenvalue weighted by Crippen LogP contribution is 2.10. The van der Waals surface area contributed by atoms with Crippen molar-refractivity contribution in [2.75, 3.05) is 19.7 Å². The van der Waals surface area contributed by atoms with Gasteiger partial charge in [-0.15, -0.1) is 0 Å². The summed E-state index contributed by atoms with van der Waals surface area (Å²) in [6, 6.07) is 7.73. The van der Waals surface area contributed by atoms with Crippen molar-refractivity contribution in [2.45, 2.75) is 32.3 Å². The third-order valence-electron chi connectivity index (χ3n) is 3.34. The molecule has 1 saturated heterocycles. The summed E-state index contributed by atoms with van der Waals surface area (Å²) in [6.45, 7) is 4.61. The van der Waals surface area contributed by atoms with E-state index in [2.05, 4.69) is 5.32 Å². The van der Waals surface area contributed by atoms with E-state index in [0.717, 1.165) is 31.5 Å². The minimum Gasteiger partial charge on any atom is -0.378 e. The van der Waals surface area contributed by atoms with Gasteiger partial charge in [-0.3, -0.25) is 4.79 Å². The van der Waals surface area contributed by atoms with Crippen molar-refractivity contribution in [1.29, 1.82) is 0 Å². The van der Waals surface area contributed by atoms with Gasteiger partial charge in [0, 0.05) is 12.0 Å². The maximum absolute atomic E-state index is 11.9. The molecule has 1 N–H and O–H groups in total. The van der Waals surface area contributed by atoms with E-state index in [0.29, 0.717) is 19.1 Å². The van der Waals surface area contributed by atoms with E-state index in [9.17, 15) is 4.79 Å². The van der Waals surface area contributed by atoms with E-state index >= 15 is 0 Å². The standard InChI is InChI=1S/C15H21NO2/c1-12-2-4-13(5-3-12)15(17)8-11-18-14-6-9-16-10-7-14/h2-5,14,16H,6-11H2,1H3. The topological polar surface area (TPSA) is 38.3 Å². The number of rotatable bonds is 5. The van der Waals surface area contributed by atoms with Gasteiger partial charge in [-0.25, -0.2) is 0 Å². The van der Waals surface area contributed by atoms with Gasteiger partial charge in [-0.1, -0.05) is 29.8 Å². The van der Waals surface area contributed by atoms with Gasteiger partial charge in [-0.2, -0.15) is 0 Å². The van der Waals surface area contributed by atoms with Crippen LogP contribution >= 0.6 is 0 Å². The summed E-state index contributed by atoms with van der Waals surface area (Å²) < 4.78 is 5.74. The fourth-order valence-corrected chi connectivity index (χ4v) is 2.16. The van der Waals surface area contributed by atoms with Crippen LogP contribution in [-0.4, -0.2) is 31.6 Å². The number of ketones is 1. The number of hydrogen-bond acceptors (Lipinski definition) is 3. The fourth-order valence-electron chi connectivity index (χ4n) is 2.16. The van der Waals surface area contributed by atoms with Crippen LogP contribution in [0.4, 0.5) is 0 Å². The zero-order valence-electron chi connectivity index (χ0n) is 10.9. The minimum absolute atomic E-state index is 0.170. The van der Waals surface area contributed by atoms with Crippen LogP contribution < -0.4 is 5.32 Å². The first-order valence-electron chi connectivity index (χ1n) is 6.68. The van der Waals surface area contributed by atoms with Crippen LogP contribution in [0.1, 0.15) is 35.2 Å². The quantitative estimate of drug-likeness (QED) is 0.812. The Morgan fingerprint density at radius 1 is 1.28 bits per heavy atom. The van der Waals surface area contributed by atoms with Crippen LogP contribution in [0.3, 0.4) is 0 Å². The lowest BCUT2D eigenvalue weighted by atomic mass is 10.1. The Balaban J connectivity index is 1.72. The van der Waals surface area contributed by atoms with Crippen molar-refractivity contribution >= 4 is 5.78 Å². The van der Waals surface area contributed by atoms with Gasteiger partial charge in [0.2, 0.25) is 0 Å². The molecule has 0 aromatic heterocycles. The summed E-state index contributed by atoms with van der Waals surface area (Å²) in [6.07, 6.45) is 2.92. The van der Waals surface area contributed by atoms with E-state index in [1.807, 2.05) is 31.2 Å². The number of piperidine rings is 1. The lowest BCUT2D eigenvalue weighted by Crippen LogP contribution is -2.32. The number of carbonyl (C=O) groups is 1. The molecule has 0 radical (unpaired) electrons. The molecule has 1 aliphatic heterocycles. The average molecular weight is 247 g/mol. The van der Waals surface area contributed by atoms with Gasteiger partial charge >= 0.3 is 0 Å². The lowest BCUT2D eigenvalue weighted by Gasteiger charge is -2.22. The van der Waals surface area contributed by atoms with Gasteiger partial charge in [0.05, 0.1) is 12.7 Å². The Kier molecular flexibility index (Phi) is 4.90. The maximum Gasteiger partial charge on any atom is 0.165 e. The average Bonchev–Trinajstić information content (AvgIpc) is 2.40. The zero-order valence-corrected chi connectivity index (χ0v) is 10.9. The highest BCUT2D eigenvalue weighted by Gasteiger charge is 2.14. The van der Waals surface area contributed by atoms with Crippen LogP contribution in [0.25, 0.3) is 0 Å². The summed E-state index contributed by atoms with van der Waals surface area (Å²) in [5.74, 6) is 0.170. The van der Waals surface area contributed by atoms with Crippen LogP contribution in [-0.2, 0) is 4.74 Å². The van der Waals surface area contributed by atoms with Gasteiger partial charge in [0.1, 0.15) is 0 Å². The molecule has 0 atom stereocenters. The fraction of sp³-hybridized carbons (Fsp3) is 0.533. The molecule has 3 heteroatoms. The summed E-state index contributed by atoms with van der Waals surface area (Å²) in [4.78, 5) is 11.9. The Morgan fingerprint density at radius 2 is 1.94 bits per heavy atom. The second-order valence-corrected chi connectivity index (χ2v) is 4.86. The normalized spacial score (nSPS) is 16.7. The SMILES string of the molecule is Cc1ccc(C(=O)CCOC2CCNCC2)cc1. The molecule has 1 aromatic rings. The van der Waals surface area contributed by atoms with E-state index in [-0.39, 0.29) is 5.78 Å². The first kappa shape index (κ1) is 13.2.